The topological polar surface area (TPSA) is 60.1 Å². The summed E-state index contributed by atoms with van der Waals surface area (Å²) < 4.78 is 50.4. The number of hydrogen-bond acceptors (Lipinski definition) is 5. The summed E-state index contributed by atoms with van der Waals surface area (Å²) in [5.74, 6) is 1.04. The first-order chi connectivity index (χ1) is 13.2. The number of benzene rings is 2. The highest BCUT2D eigenvalue weighted by Gasteiger charge is 2.32. The number of rotatable bonds is 4. The number of alkyl halides is 3. The average molecular weight is 450 g/mol. The van der Waals surface area contributed by atoms with Crippen LogP contribution in [0.2, 0.25) is 10.0 Å². The summed E-state index contributed by atoms with van der Waals surface area (Å²) in [6, 6.07) is 6.56. The lowest BCUT2D eigenvalue weighted by Crippen LogP contribution is -2.14. The molecule has 0 unspecified atom stereocenters. The van der Waals surface area contributed by atoms with Crippen molar-refractivity contribution < 1.29 is 22.6 Å². The Kier molecular flexibility index (Phi) is 5.60. The van der Waals surface area contributed by atoms with Crippen LogP contribution in [0.1, 0.15) is 5.56 Å². The maximum absolute atomic E-state index is 12.9. The van der Waals surface area contributed by atoms with E-state index in [4.69, 9.17) is 38.1 Å². The van der Waals surface area contributed by atoms with Crippen LogP contribution in [-0.4, -0.2) is 24.0 Å². The fraction of sp³-hybridized carbons (Fsp3) is 0.176. The minimum Gasteiger partial charge on any atom is -0.497 e. The lowest BCUT2D eigenvalue weighted by molar-refractivity contribution is -0.137. The Morgan fingerprint density at radius 2 is 1.71 bits per heavy atom. The van der Waals surface area contributed by atoms with Gasteiger partial charge in [0.15, 0.2) is 5.01 Å². The van der Waals surface area contributed by atoms with E-state index < -0.39 is 11.7 Å². The third-order valence-electron chi connectivity index (χ3n) is 3.77. The molecule has 3 aromatic rings. The van der Waals surface area contributed by atoms with Crippen LogP contribution < -0.4 is 14.3 Å². The van der Waals surface area contributed by atoms with Crippen molar-refractivity contribution in [3.63, 3.8) is 0 Å². The molecule has 0 bridgehead atoms. The number of nitrogens with one attached hydrogen (secondary N) is 1. The van der Waals surface area contributed by atoms with Crippen molar-refractivity contribution in [1.82, 2.24) is 9.78 Å². The van der Waals surface area contributed by atoms with Crippen LogP contribution in [0.4, 0.5) is 13.2 Å². The Morgan fingerprint density at radius 1 is 1.07 bits per heavy atom. The molecule has 0 saturated carbocycles. The lowest BCUT2D eigenvalue weighted by atomic mass is 10.2. The molecule has 11 heteroatoms. The summed E-state index contributed by atoms with van der Waals surface area (Å²) in [6.07, 6.45) is -4.60. The molecular formula is C17H12Cl2F3N3O2S. The summed E-state index contributed by atoms with van der Waals surface area (Å²) in [5, 5.41) is 12.3. The van der Waals surface area contributed by atoms with Crippen molar-refractivity contribution in [1.29, 1.82) is 5.41 Å². The van der Waals surface area contributed by atoms with Gasteiger partial charge in [-0.25, -0.2) is 4.68 Å². The zero-order chi connectivity index (χ0) is 20.6. The molecule has 0 fully saturated rings. The van der Waals surface area contributed by atoms with E-state index >= 15 is 0 Å². The van der Waals surface area contributed by atoms with Gasteiger partial charge in [-0.3, -0.25) is 5.41 Å². The first-order valence-electron chi connectivity index (χ1n) is 7.59. The second-order valence-corrected chi connectivity index (χ2v) is 7.27. The van der Waals surface area contributed by atoms with Crippen LogP contribution in [0, 0.1) is 5.41 Å². The van der Waals surface area contributed by atoms with Crippen LogP contribution in [-0.2, 0) is 6.18 Å². The maximum Gasteiger partial charge on any atom is 0.416 e. The molecule has 3 rings (SSSR count). The molecular weight excluding hydrogens is 438 g/mol. The predicted octanol–water partition coefficient (Wildman–Crippen LogP) is 5.42. The fourth-order valence-electron chi connectivity index (χ4n) is 2.46. The van der Waals surface area contributed by atoms with E-state index in [1.54, 1.807) is 18.2 Å². The van der Waals surface area contributed by atoms with Crippen molar-refractivity contribution in [3.8, 4) is 27.8 Å². The summed E-state index contributed by atoms with van der Waals surface area (Å²) >= 11 is 13.1. The van der Waals surface area contributed by atoms with Gasteiger partial charge in [0.1, 0.15) is 17.2 Å². The Labute approximate surface area is 171 Å². The van der Waals surface area contributed by atoms with Crippen LogP contribution in [0.15, 0.2) is 30.3 Å². The largest absolute Gasteiger partial charge is 0.497 e. The van der Waals surface area contributed by atoms with Gasteiger partial charge in [-0.1, -0.05) is 34.5 Å². The van der Waals surface area contributed by atoms with E-state index in [1.807, 2.05) is 0 Å². The molecule has 1 aromatic heterocycles. The molecule has 0 aliphatic rings. The SMILES string of the molecule is COc1ccc(OC)c(-c2nn(-c3c(Cl)cc(C(F)(F)F)cc3Cl)c(=N)s2)c1. The van der Waals surface area contributed by atoms with Gasteiger partial charge in [-0.15, -0.1) is 0 Å². The molecule has 5 nitrogen and oxygen atoms in total. The molecule has 1 N–H and O–H groups in total. The summed E-state index contributed by atoms with van der Waals surface area (Å²) in [5.41, 5.74) is -0.438. The average Bonchev–Trinajstić information content (AvgIpc) is 3.01. The van der Waals surface area contributed by atoms with Crippen molar-refractivity contribution in [3.05, 3.63) is 50.7 Å². The number of aromatic nitrogens is 2. The minimum atomic E-state index is -4.60. The van der Waals surface area contributed by atoms with Crippen LogP contribution >= 0.6 is 34.5 Å². The third kappa shape index (κ3) is 3.82. The highest BCUT2D eigenvalue weighted by Crippen LogP contribution is 2.38. The highest BCUT2D eigenvalue weighted by atomic mass is 35.5. The minimum absolute atomic E-state index is 0.00861. The quantitative estimate of drug-likeness (QED) is 0.577. The number of methoxy groups -OCH3 is 2. The van der Waals surface area contributed by atoms with Crippen molar-refractivity contribution >= 4 is 34.5 Å². The van der Waals surface area contributed by atoms with Crippen molar-refractivity contribution in [2.24, 2.45) is 0 Å². The van der Waals surface area contributed by atoms with Gasteiger partial charge < -0.3 is 9.47 Å². The highest BCUT2D eigenvalue weighted by molar-refractivity contribution is 7.12. The van der Waals surface area contributed by atoms with E-state index in [9.17, 15) is 13.2 Å². The van der Waals surface area contributed by atoms with Gasteiger partial charge in [0, 0.05) is 0 Å². The van der Waals surface area contributed by atoms with Crippen LogP contribution in [0.3, 0.4) is 0 Å². The van der Waals surface area contributed by atoms with Gasteiger partial charge in [-0.2, -0.15) is 18.3 Å². The number of halogens is 5. The second kappa shape index (κ2) is 7.65. The smallest absolute Gasteiger partial charge is 0.416 e. The monoisotopic (exact) mass is 449 g/mol. The number of nitrogens with zero attached hydrogens (tertiary/aromatic N) is 2. The van der Waals surface area contributed by atoms with Gasteiger partial charge in [0.05, 0.1) is 35.4 Å². The maximum atomic E-state index is 12.9. The molecule has 0 aliphatic heterocycles. The number of hydrogen-bond donors (Lipinski definition) is 1. The Hall–Kier alpha value is -2.23. The zero-order valence-electron chi connectivity index (χ0n) is 14.4. The number of ether oxygens (including phenoxy) is 2. The Balaban J connectivity index is 2.16. The lowest BCUT2D eigenvalue weighted by Gasteiger charge is -2.12. The standard InChI is InChI=1S/C17H12Cl2F3N3O2S/c1-26-9-3-4-13(27-2)10(7-9)15-24-25(16(23)28-15)14-11(18)5-8(6-12(14)19)17(20,21)22/h3-7,23H,1-2H3. The molecule has 0 spiro atoms. The summed E-state index contributed by atoms with van der Waals surface area (Å²) in [4.78, 5) is -0.0802. The van der Waals surface area contributed by atoms with E-state index in [2.05, 4.69) is 5.10 Å². The zero-order valence-corrected chi connectivity index (χ0v) is 16.7. The second-order valence-electron chi connectivity index (χ2n) is 5.48. The Morgan fingerprint density at radius 3 is 2.25 bits per heavy atom. The first kappa shape index (κ1) is 20.5. The van der Waals surface area contributed by atoms with Gasteiger partial charge in [-0.05, 0) is 30.3 Å². The van der Waals surface area contributed by atoms with E-state index in [1.165, 1.54) is 14.2 Å². The molecule has 148 valence electrons. The molecule has 1 heterocycles. The molecule has 0 atom stereocenters. The molecule has 0 aliphatic carbocycles. The molecule has 0 radical (unpaired) electrons. The molecule has 28 heavy (non-hydrogen) atoms. The van der Waals surface area contributed by atoms with Gasteiger partial charge >= 0.3 is 6.18 Å². The summed E-state index contributed by atoms with van der Waals surface area (Å²) in [7, 11) is 2.99. The molecule has 0 amide bonds. The van der Waals surface area contributed by atoms with E-state index in [-0.39, 0.29) is 20.5 Å². The van der Waals surface area contributed by atoms with Gasteiger partial charge in [0.2, 0.25) is 4.80 Å². The van der Waals surface area contributed by atoms with Gasteiger partial charge in [0.25, 0.3) is 0 Å². The fourth-order valence-corrected chi connectivity index (χ4v) is 3.91. The predicted molar refractivity (Wildman–Crippen MR) is 101 cm³/mol. The van der Waals surface area contributed by atoms with E-state index in [0.29, 0.717) is 22.1 Å². The molecule has 2 aromatic carbocycles. The Bertz CT molecular complexity index is 1070. The van der Waals surface area contributed by atoms with Crippen molar-refractivity contribution in [2.45, 2.75) is 6.18 Å². The third-order valence-corrected chi connectivity index (χ3v) is 5.21. The summed E-state index contributed by atoms with van der Waals surface area (Å²) in [6.45, 7) is 0. The van der Waals surface area contributed by atoms with E-state index in [0.717, 1.165) is 28.2 Å². The van der Waals surface area contributed by atoms with Crippen molar-refractivity contribution in [2.75, 3.05) is 14.2 Å². The van der Waals surface area contributed by atoms with Crippen LogP contribution in [0.25, 0.3) is 16.3 Å². The molecule has 0 saturated heterocycles. The van der Waals surface area contributed by atoms with Crippen LogP contribution in [0.5, 0.6) is 11.5 Å². The first-order valence-corrected chi connectivity index (χ1v) is 9.16. The normalized spacial score (nSPS) is 11.5.